The largest absolute Gasteiger partial charge is 0.364 e. The van der Waals surface area contributed by atoms with E-state index in [1.165, 1.54) is 12.3 Å². The van der Waals surface area contributed by atoms with Crippen LogP contribution in [0.15, 0.2) is 35.1 Å². The van der Waals surface area contributed by atoms with E-state index in [0.717, 1.165) is 0 Å². The van der Waals surface area contributed by atoms with E-state index in [0.29, 0.717) is 22.6 Å². The Kier molecular flexibility index (Phi) is 1.58. The van der Waals surface area contributed by atoms with Gasteiger partial charge in [0, 0.05) is 6.07 Å². The minimum Gasteiger partial charge on any atom is -0.364 e. The number of imidazole rings is 1. The number of para-hydroxylation sites is 1. The molecule has 0 saturated heterocycles. The van der Waals surface area contributed by atoms with Crippen molar-refractivity contribution < 1.29 is 8.91 Å². The van der Waals surface area contributed by atoms with Crippen LogP contribution in [-0.4, -0.2) is 15.1 Å². The molecule has 3 rings (SSSR count). The third kappa shape index (κ3) is 1.20. The third-order valence-corrected chi connectivity index (χ3v) is 2.14. The summed E-state index contributed by atoms with van der Waals surface area (Å²) in [5.74, 6) is 0.155. The van der Waals surface area contributed by atoms with Gasteiger partial charge >= 0.3 is 0 Å². The van der Waals surface area contributed by atoms with Crippen LogP contribution < -0.4 is 0 Å². The molecule has 2 aromatic heterocycles. The molecule has 0 fully saturated rings. The normalized spacial score (nSPS) is 11.0. The third-order valence-electron chi connectivity index (χ3n) is 2.14. The number of hydrogen-bond donors (Lipinski definition) is 1. The summed E-state index contributed by atoms with van der Waals surface area (Å²) in [5, 5.41) is 3.72. The van der Waals surface area contributed by atoms with Gasteiger partial charge in [-0.25, -0.2) is 9.37 Å². The standard InChI is InChI=1S/C10H6FN3O/c11-6-2-1-3-7-9(6)13-10(12-7)8-4-5-15-14-8/h1-5H,(H,12,13). The van der Waals surface area contributed by atoms with Crippen LogP contribution in [0.3, 0.4) is 0 Å². The van der Waals surface area contributed by atoms with Gasteiger partial charge in [-0.05, 0) is 12.1 Å². The number of nitrogens with one attached hydrogen (secondary N) is 1. The Balaban J connectivity index is 2.27. The lowest BCUT2D eigenvalue weighted by Crippen LogP contribution is -1.78. The van der Waals surface area contributed by atoms with Gasteiger partial charge in [-0.3, -0.25) is 0 Å². The van der Waals surface area contributed by atoms with Crippen molar-refractivity contribution in [3.05, 3.63) is 36.3 Å². The van der Waals surface area contributed by atoms with Crippen molar-refractivity contribution in [2.75, 3.05) is 0 Å². The van der Waals surface area contributed by atoms with Crippen molar-refractivity contribution in [1.82, 2.24) is 15.1 Å². The van der Waals surface area contributed by atoms with Gasteiger partial charge in [0.15, 0.2) is 11.6 Å². The van der Waals surface area contributed by atoms with E-state index < -0.39 is 0 Å². The molecule has 0 aliphatic heterocycles. The molecular formula is C10H6FN3O. The second-order valence-corrected chi connectivity index (χ2v) is 3.11. The Morgan fingerprint density at radius 1 is 1.27 bits per heavy atom. The van der Waals surface area contributed by atoms with Crippen LogP contribution >= 0.6 is 0 Å². The molecule has 0 bridgehead atoms. The quantitative estimate of drug-likeness (QED) is 0.660. The summed E-state index contributed by atoms with van der Waals surface area (Å²) in [7, 11) is 0. The Morgan fingerprint density at radius 3 is 2.93 bits per heavy atom. The molecule has 0 spiro atoms. The molecule has 0 saturated carbocycles. The predicted molar refractivity (Wildman–Crippen MR) is 51.5 cm³/mol. The summed E-state index contributed by atoms with van der Waals surface area (Å²) in [4.78, 5) is 7.07. The van der Waals surface area contributed by atoms with Crippen LogP contribution in [0.4, 0.5) is 4.39 Å². The van der Waals surface area contributed by atoms with Crippen molar-refractivity contribution in [3.8, 4) is 11.5 Å². The van der Waals surface area contributed by atoms with Crippen molar-refractivity contribution >= 4 is 11.0 Å². The van der Waals surface area contributed by atoms with E-state index in [2.05, 4.69) is 15.1 Å². The van der Waals surface area contributed by atoms with Crippen molar-refractivity contribution in [3.63, 3.8) is 0 Å². The molecule has 0 unspecified atom stereocenters. The lowest BCUT2D eigenvalue weighted by molar-refractivity contribution is 0.422. The zero-order valence-corrected chi connectivity index (χ0v) is 7.57. The number of H-pyrrole nitrogens is 1. The SMILES string of the molecule is Fc1cccc2[nH]c(-c3ccon3)nc12. The first kappa shape index (κ1) is 8.16. The van der Waals surface area contributed by atoms with Crippen LogP contribution in [0, 0.1) is 5.82 Å². The number of rotatable bonds is 1. The van der Waals surface area contributed by atoms with E-state index >= 15 is 0 Å². The first-order valence-electron chi connectivity index (χ1n) is 4.39. The van der Waals surface area contributed by atoms with E-state index in [1.807, 2.05) is 0 Å². The fraction of sp³-hybridized carbons (Fsp3) is 0. The fourth-order valence-corrected chi connectivity index (χ4v) is 1.45. The van der Waals surface area contributed by atoms with E-state index in [-0.39, 0.29) is 5.82 Å². The van der Waals surface area contributed by atoms with Gasteiger partial charge in [-0.1, -0.05) is 11.2 Å². The monoisotopic (exact) mass is 203 g/mol. The van der Waals surface area contributed by atoms with Gasteiger partial charge in [0.25, 0.3) is 0 Å². The number of hydrogen-bond acceptors (Lipinski definition) is 3. The summed E-state index contributed by atoms with van der Waals surface area (Å²) >= 11 is 0. The second kappa shape index (κ2) is 2.91. The van der Waals surface area contributed by atoms with Crippen LogP contribution in [0.1, 0.15) is 0 Å². The summed E-state index contributed by atoms with van der Waals surface area (Å²) in [6.45, 7) is 0. The predicted octanol–water partition coefficient (Wildman–Crippen LogP) is 2.36. The van der Waals surface area contributed by atoms with Gasteiger partial charge in [0.05, 0.1) is 5.52 Å². The van der Waals surface area contributed by atoms with Crippen LogP contribution in [0.25, 0.3) is 22.6 Å². The average molecular weight is 203 g/mol. The van der Waals surface area contributed by atoms with Gasteiger partial charge < -0.3 is 9.51 Å². The smallest absolute Gasteiger partial charge is 0.160 e. The average Bonchev–Trinajstić information content (AvgIpc) is 2.86. The number of halogens is 1. The van der Waals surface area contributed by atoms with E-state index in [1.54, 1.807) is 18.2 Å². The molecule has 0 aliphatic rings. The Hall–Kier alpha value is -2.17. The van der Waals surface area contributed by atoms with Gasteiger partial charge in [0.1, 0.15) is 17.5 Å². The van der Waals surface area contributed by atoms with Crippen LogP contribution in [0.5, 0.6) is 0 Å². The van der Waals surface area contributed by atoms with Crippen molar-refractivity contribution in [2.45, 2.75) is 0 Å². The summed E-state index contributed by atoms with van der Waals surface area (Å²) in [6, 6.07) is 6.42. The molecule has 5 heteroatoms. The zero-order valence-electron chi connectivity index (χ0n) is 7.57. The first-order valence-corrected chi connectivity index (χ1v) is 4.39. The topological polar surface area (TPSA) is 54.7 Å². The first-order chi connectivity index (χ1) is 7.34. The zero-order chi connectivity index (χ0) is 10.3. The Morgan fingerprint density at radius 2 is 2.20 bits per heavy atom. The minimum absolute atomic E-state index is 0.315. The molecular weight excluding hydrogens is 197 g/mol. The van der Waals surface area contributed by atoms with Gasteiger partial charge in [-0.2, -0.15) is 0 Å². The number of aromatic nitrogens is 3. The molecule has 15 heavy (non-hydrogen) atoms. The molecule has 1 aromatic carbocycles. The highest BCUT2D eigenvalue weighted by Gasteiger charge is 2.09. The molecule has 3 aromatic rings. The lowest BCUT2D eigenvalue weighted by Gasteiger charge is -1.86. The van der Waals surface area contributed by atoms with Crippen LogP contribution in [-0.2, 0) is 0 Å². The summed E-state index contributed by atoms with van der Waals surface area (Å²) in [5.41, 5.74) is 1.52. The molecule has 1 N–H and O–H groups in total. The van der Waals surface area contributed by atoms with Crippen LogP contribution in [0.2, 0.25) is 0 Å². The maximum Gasteiger partial charge on any atom is 0.160 e. The number of nitrogens with zero attached hydrogens (tertiary/aromatic N) is 2. The number of benzene rings is 1. The van der Waals surface area contributed by atoms with E-state index in [9.17, 15) is 4.39 Å². The molecule has 0 aliphatic carbocycles. The molecule has 4 nitrogen and oxygen atoms in total. The van der Waals surface area contributed by atoms with Gasteiger partial charge in [0.2, 0.25) is 0 Å². The minimum atomic E-state index is -0.349. The van der Waals surface area contributed by atoms with Crippen molar-refractivity contribution in [1.29, 1.82) is 0 Å². The van der Waals surface area contributed by atoms with Crippen molar-refractivity contribution in [2.24, 2.45) is 0 Å². The Bertz CT molecular complexity index is 600. The lowest BCUT2D eigenvalue weighted by atomic mass is 10.3. The Labute approximate surface area is 83.7 Å². The number of aromatic amines is 1. The molecule has 0 radical (unpaired) electrons. The number of fused-ring (bicyclic) bond motifs is 1. The molecule has 0 atom stereocenters. The second-order valence-electron chi connectivity index (χ2n) is 3.11. The summed E-state index contributed by atoms with van der Waals surface area (Å²) < 4.78 is 18.0. The van der Waals surface area contributed by atoms with Gasteiger partial charge in [-0.15, -0.1) is 0 Å². The maximum absolute atomic E-state index is 13.3. The van der Waals surface area contributed by atoms with E-state index in [4.69, 9.17) is 4.52 Å². The molecule has 74 valence electrons. The highest BCUT2D eigenvalue weighted by molar-refractivity contribution is 5.79. The summed E-state index contributed by atoms with van der Waals surface area (Å²) in [6.07, 6.45) is 1.44. The highest BCUT2D eigenvalue weighted by atomic mass is 19.1. The molecule has 2 heterocycles. The fourth-order valence-electron chi connectivity index (χ4n) is 1.45. The highest BCUT2D eigenvalue weighted by Crippen LogP contribution is 2.20. The maximum atomic E-state index is 13.3. The molecule has 0 amide bonds.